The first-order valence-electron chi connectivity index (χ1n) is 10.9. The van der Waals surface area contributed by atoms with Gasteiger partial charge < -0.3 is 10.1 Å². The SMILES string of the molecule is Cn1nc(N(CC(=O)NC(C)(C)C)C(=O)Cc2cccc(F)c2)c2c1-c1cc(Cl)ccc1OC2. The number of nitrogens with one attached hydrogen (secondary N) is 1. The highest BCUT2D eigenvalue weighted by Crippen LogP contribution is 2.42. The van der Waals surface area contributed by atoms with Crippen LogP contribution < -0.4 is 15.0 Å². The molecule has 9 heteroatoms. The van der Waals surface area contributed by atoms with Gasteiger partial charge >= 0.3 is 0 Å². The summed E-state index contributed by atoms with van der Waals surface area (Å²) >= 11 is 6.22. The van der Waals surface area contributed by atoms with Crippen molar-refractivity contribution in [2.45, 2.75) is 39.3 Å². The van der Waals surface area contributed by atoms with Gasteiger partial charge in [-0.05, 0) is 56.7 Å². The molecule has 7 nitrogen and oxygen atoms in total. The summed E-state index contributed by atoms with van der Waals surface area (Å²) in [6, 6.07) is 11.2. The van der Waals surface area contributed by atoms with Gasteiger partial charge in [0.2, 0.25) is 11.8 Å². The summed E-state index contributed by atoms with van der Waals surface area (Å²) in [6.07, 6.45) is -0.0881. The minimum absolute atomic E-state index is 0.0881. The Morgan fingerprint density at radius 2 is 2.00 bits per heavy atom. The number of aromatic nitrogens is 2. The minimum Gasteiger partial charge on any atom is -0.488 e. The quantitative estimate of drug-likeness (QED) is 0.587. The van der Waals surface area contributed by atoms with Crippen molar-refractivity contribution < 1.29 is 18.7 Å². The second-order valence-corrected chi connectivity index (χ2v) is 9.72. The average Bonchev–Trinajstić information content (AvgIpc) is 3.07. The molecule has 1 N–H and O–H groups in total. The smallest absolute Gasteiger partial charge is 0.240 e. The number of benzene rings is 2. The Labute approximate surface area is 202 Å². The van der Waals surface area contributed by atoms with Crippen LogP contribution in [0.3, 0.4) is 0 Å². The lowest BCUT2D eigenvalue weighted by Crippen LogP contribution is -2.48. The Kier molecular flexibility index (Phi) is 6.36. The third-order valence-electron chi connectivity index (χ3n) is 5.31. The molecular weight excluding hydrogens is 459 g/mol. The molecule has 4 rings (SSSR count). The van der Waals surface area contributed by atoms with Crippen LogP contribution in [0.5, 0.6) is 5.75 Å². The highest BCUT2D eigenvalue weighted by atomic mass is 35.5. The van der Waals surface area contributed by atoms with Crippen LogP contribution in [0.2, 0.25) is 5.02 Å². The van der Waals surface area contributed by atoms with E-state index in [1.54, 1.807) is 42.1 Å². The molecule has 0 fully saturated rings. The van der Waals surface area contributed by atoms with E-state index in [0.717, 1.165) is 11.3 Å². The third-order valence-corrected chi connectivity index (χ3v) is 5.55. The maximum absolute atomic E-state index is 13.7. The monoisotopic (exact) mass is 484 g/mol. The molecule has 0 saturated carbocycles. The Balaban J connectivity index is 1.74. The molecule has 0 bridgehead atoms. The van der Waals surface area contributed by atoms with Gasteiger partial charge in [0.25, 0.3) is 0 Å². The largest absolute Gasteiger partial charge is 0.488 e. The molecule has 0 unspecified atom stereocenters. The van der Waals surface area contributed by atoms with Crippen molar-refractivity contribution in [1.82, 2.24) is 15.1 Å². The second kappa shape index (κ2) is 9.10. The standard InChI is InChI=1S/C25H26ClFN4O3/c1-25(2,3)28-21(32)13-31(22(33)11-15-6-5-7-17(27)10-15)24-19-14-34-20-9-8-16(26)12-18(20)23(19)30(4)29-24/h5-10,12H,11,13-14H2,1-4H3,(H,28,32). The maximum atomic E-state index is 13.7. The Morgan fingerprint density at radius 1 is 1.24 bits per heavy atom. The molecule has 0 spiro atoms. The number of fused-ring (bicyclic) bond motifs is 3. The normalized spacial score (nSPS) is 12.4. The van der Waals surface area contributed by atoms with E-state index < -0.39 is 11.4 Å². The molecule has 178 valence electrons. The number of rotatable bonds is 5. The molecule has 0 saturated heterocycles. The molecule has 1 aliphatic heterocycles. The predicted molar refractivity (Wildman–Crippen MR) is 128 cm³/mol. The zero-order valence-corrected chi connectivity index (χ0v) is 20.2. The first-order chi connectivity index (χ1) is 16.0. The van der Waals surface area contributed by atoms with Crippen LogP contribution in [0.4, 0.5) is 10.2 Å². The molecule has 1 aromatic heterocycles. The lowest BCUT2D eigenvalue weighted by Gasteiger charge is -2.26. The van der Waals surface area contributed by atoms with Crippen LogP contribution in [0.15, 0.2) is 42.5 Å². The minimum atomic E-state index is -0.475. The molecule has 1 aliphatic rings. The Morgan fingerprint density at radius 3 is 2.71 bits per heavy atom. The van der Waals surface area contributed by atoms with E-state index >= 15 is 0 Å². The average molecular weight is 485 g/mol. The first-order valence-corrected chi connectivity index (χ1v) is 11.2. The number of amides is 2. The predicted octanol–water partition coefficient (Wildman–Crippen LogP) is 4.26. The Bertz CT molecular complexity index is 1270. The summed E-state index contributed by atoms with van der Waals surface area (Å²) in [5.74, 6) is -0.158. The van der Waals surface area contributed by atoms with E-state index in [-0.39, 0.29) is 31.4 Å². The van der Waals surface area contributed by atoms with Crippen LogP contribution in [-0.2, 0) is 29.7 Å². The lowest BCUT2D eigenvalue weighted by molar-refractivity contribution is -0.124. The van der Waals surface area contributed by atoms with Gasteiger partial charge in [0.15, 0.2) is 5.82 Å². The third kappa shape index (κ3) is 5.07. The zero-order valence-electron chi connectivity index (χ0n) is 19.5. The van der Waals surface area contributed by atoms with E-state index in [2.05, 4.69) is 10.4 Å². The molecule has 3 aromatic rings. The van der Waals surface area contributed by atoms with E-state index in [9.17, 15) is 14.0 Å². The number of nitrogens with zero attached hydrogens (tertiary/aromatic N) is 3. The van der Waals surface area contributed by atoms with Crippen LogP contribution in [0, 0.1) is 5.82 Å². The number of carbonyl (C=O) groups excluding carboxylic acids is 2. The van der Waals surface area contributed by atoms with Gasteiger partial charge in [0, 0.05) is 23.2 Å². The molecule has 2 heterocycles. The van der Waals surface area contributed by atoms with E-state index in [1.165, 1.54) is 17.0 Å². The van der Waals surface area contributed by atoms with Crippen molar-refractivity contribution in [3.8, 4) is 17.0 Å². The van der Waals surface area contributed by atoms with Gasteiger partial charge in [0.05, 0.1) is 17.7 Å². The highest BCUT2D eigenvalue weighted by Gasteiger charge is 2.32. The van der Waals surface area contributed by atoms with Gasteiger partial charge in [-0.1, -0.05) is 23.7 Å². The molecule has 34 heavy (non-hydrogen) atoms. The second-order valence-electron chi connectivity index (χ2n) is 9.29. The topological polar surface area (TPSA) is 76.5 Å². The molecule has 0 atom stereocenters. The fourth-order valence-corrected chi connectivity index (χ4v) is 4.18. The van der Waals surface area contributed by atoms with Gasteiger partial charge in [0.1, 0.15) is 24.7 Å². The van der Waals surface area contributed by atoms with Crippen molar-refractivity contribution in [3.63, 3.8) is 0 Å². The molecule has 2 amide bonds. The molecule has 2 aromatic carbocycles. The van der Waals surface area contributed by atoms with Gasteiger partial charge in [-0.25, -0.2) is 4.39 Å². The summed E-state index contributed by atoms with van der Waals surface area (Å²) in [6.45, 7) is 5.53. The fraction of sp³-hybridized carbons (Fsp3) is 0.320. The summed E-state index contributed by atoms with van der Waals surface area (Å²) in [4.78, 5) is 27.6. The number of aryl methyl sites for hydroxylation is 1. The van der Waals surface area contributed by atoms with E-state index in [4.69, 9.17) is 16.3 Å². The number of carbonyl (C=O) groups is 2. The van der Waals surface area contributed by atoms with Crippen molar-refractivity contribution in [3.05, 3.63) is 64.4 Å². The summed E-state index contributed by atoms with van der Waals surface area (Å²) < 4.78 is 21.3. The first kappa shape index (κ1) is 23.8. The number of hydrogen-bond donors (Lipinski definition) is 1. The molecule has 0 aliphatic carbocycles. The van der Waals surface area contributed by atoms with Gasteiger partial charge in [-0.15, -0.1) is 0 Å². The molecular formula is C25H26ClFN4O3. The fourth-order valence-electron chi connectivity index (χ4n) is 4.00. The van der Waals surface area contributed by atoms with Crippen LogP contribution in [0.25, 0.3) is 11.3 Å². The number of halogens is 2. The zero-order chi connectivity index (χ0) is 24.6. The van der Waals surface area contributed by atoms with Crippen molar-refractivity contribution in [2.75, 3.05) is 11.4 Å². The summed E-state index contributed by atoms with van der Waals surface area (Å²) in [5, 5.41) is 8.02. The van der Waals surface area contributed by atoms with Gasteiger partial charge in [-0.3, -0.25) is 19.2 Å². The Hall–Kier alpha value is -3.39. The van der Waals surface area contributed by atoms with Crippen molar-refractivity contribution in [1.29, 1.82) is 0 Å². The number of ether oxygens (including phenoxy) is 1. The molecule has 0 radical (unpaired) electrons. The highest BCUT2D eigenvalue weighted by molar-refractivity contribution is 6.31. The lowest BCUT2D eigenvalue weighted by atomic mass is 10.0. The van der Waals surface area contributed by atoms with Crippen LogP contribution >= 0.6 is 11.6 Å². The van der Waals surface area contributed by atoms with Gasteiger partial charge in [-0.2, -0.15) is 5.10 Å². The van der Waals surface area contributed by atoms with Crippen LogP contribution in [-0.4, -0.2) is 33.7 Å². The van der Waals surface area contributed by atoms with E-state index in [1.807, 2.05) is 20.8 Å². The van der Waals surface area contributed by atoms with E-state index in [0.29, 0.717) is 27.7 Å². The van der Waals surface area contributed by atoms with Crippen molar-refractivity contribution >= 4 is 29.2 Å². The van der Waals surface area contributed by atoms with Crippen molar-refractivity contribution in [2.24, 2.45) is 7.05 Å². The summed E-state index contributed by atoms with van der Waals surface area (Å²) in [7, 11) is 1.77. The number of anilines is 1. The summed E-state index contributed by atoms with van der Waals surface area (Å²) in [5.41, 5.74) is 2.22. The van der Waals surface area contributed by atoms with Crippen LogP contribution in [0.1, 0.15) is 31.9 Å². The number of hydrogen-bond acceptors (Lipinski definition) is 4. The maximum Gasteiger partial charge on any atom is 0.240 e.